The third-order valence-corrected chi connectivity index (χ3v) is 1.97. The molecule has 0 heterocycles. The molecule has 0 spiro atoms. The van der Waals surface area contributed by atoms with Gasteiger partial charge in [0.05, 0.1) is 12.1 Å². The molecule has 0 saturated carbocycles. The molecule has 0 aliphatic rings. The minimum Gasteiger partial charge on any atom is -0.478 e. The van der Waals surface area contributed by atoms with E-state index >= 15 is 0 Å². The second-order valence-electron chi connectivity index (χ2n) is 2.82. The second-order valence-corrected chi connectivity index (χ2v) is 2.82. The molecule has 13 heavy (non-hydrogen) atoms. The number of carboxylic acids is 1. The molecule has 3 heteroatoms. The van der Waals surface area contributed by atoms with Gasteiger partial charge >= 0.3 is 5.97 Å². The van der Waals surface area contributed by atoms with E-state index in [9.17, 15) is 4.79 Å². The predicted octanol–water partition coefficient (Wildman–Crippen LogP) is 2.55. The van der Waals surface area contributed by atoms with Crippen molar-refractivity contribution in [2.45, 2.75) is 13.8 Å². The van der Waals surface area contributed by atoms with Crippen molar-refractivity contribution in [2.75, 3.05) is 0 Å². The van der Waals surface area contributed by atoms with Crippen molar-refractivity contribution in [3.8, 4) is 0 Å². The highest BCUT2D eigenvalue weighted by Gasteiger charge is 2.11. The SMILES string of the molecule is [C-]#[N+]c1c(C)ccc(C(=O)O)c1C. The van der Waals surface area contributed by atoms with Crippen molar-refractivity contribution in [3.05, 3.63) is 40.2 Å². The number of nitrogens with zero attached hydrogens (tertiary/aromatic N) is 1. The Balaban J connectivity index is 3.47. The van der Waals surface area contributed by atoms with E-state index < -0.39 is 5.97 Å². The normalized spacial score (nSPS) is 9.31. The van der Waals surface area contributed by atoms with Gasteiger partial charge in [0.25, 0.3) is 0 Å². The summed E-state index contributed by atoms with van der Waals surface area (Å²) in [6.45, 7) is 10.3. The number of aromatic carboxylic acids is 1. The van der Waals surface area contributed by atoms with Gasteiger partial charge in [-0.05, 0) is 31.0 Å². The van der Waals surface area contributed by atoms with Crippen LogP contribution >= 0.6 is 0 Å². The van der Waals surface area contributed by atoms with Crippen LogP contribution in [0.4, 0.5) is 5.69 Å². The Morgan fingerprint density at radius 2 is 2.08 bits per heavy atom. The monoisotopic (exact) mass is 175 g/mol. The number of aryl methyl sites for hydroxylation is 1. The standard InChI is InChI=1S/C10H9NO2/c1-6-4-5-8(10(12)13)7(2)9(6)11-3/h4-5H,1-2H3,(H,12,13). The predicted molar refractivity (Wildman–Crippen MR) is 49.1 cm³/mol. The van der Waals surface area contributed by atoms with Crippen molar-refractivity contribution in [2.24, 2.45) is 0 Å². The summed E-state index contributed by atoms with van der Waals surface area (Å²) in [5, 5.41) is 8.77. The molecule has 0 saturated heterocycles. The van der Waals surface area contributed by atoms with Crippen LogP contribution in [-0.4, -0.2) is 11.1 Å². The van der Waals surface area contributed by atoms with Gasteiger partial charge in [0.1, 0.15) is 0 Å². The summed E-state index contributed by atoms with van der Waals surface area (Å²) in [7, 11) is 0. The number of carboxylic acid groups (broad SMARTS) is 1. The molecule has 0 bridgehead atoms. The molecule has 0 fully saturated rings. The van der Waals surface area contributed by atoms with Crippen LogP contribution in [0.3, 0.4) is 0 Å². The van der Waals surface area contributed by atoms with Crippen LogP contribution in [0.15, 0.2) is 12.1 Å². The van der Waals surface area contributed by atoms with E-state index in [0.29, 0.717) is 11.3 Å². The first-order chi connectivity index (χ1) is 6.07. The van der Waals surface area contributed by atoms with Crippen molar-refractivity contribution in [1.29, 1.82) is 0 Å². The van der Waals surface area contributed by atoms with Gasteiger partial charge in [0.2, 0.25) is 0 Å². The molecule has 0 atom stereocenters. The Kier molecular flexibility index (Phi) is 2.34. The lowest BCUT2D eigenvalue weighted by molar-refractivity contribution is 0.0696. The highest BCUT2D eigenvalue weighted by molar-refractivity contribution is 5.91. The van der Waals surface area contributed by atoms with Gasteiger partial charge in [0, 0.05) is 0 Å². The zero-order valence-electron chi connectivity index (χ0n) is 7.46. The molecule has 3 nitrogen and oxygen atoms in total. The highest BCUT2D eigenvalue weighted by atomic mass is 16.4. The van der Waals surface area contributed by atoms with E-state index in [1.165, 1.54) is 6.07 Å². The summed E-state index contributed by atoms with van der Waals surface area (Å²) in [5.41, 5.74) is 2.01. The van der Waals surface area contributed by atoms with Gasteiger partial charge in [-0.15, -0.1) is 0 Å². The molecule has 1 N–H and O–H groups in total. The Morgan fingerprint density at radius 3 is 2.54 bits per heavy atom. The molecule has 0 amide bonds. The topological polar surface area (TPSA) is 41.7 Å². The molecular formula is C10H9NO2. The van der Waals surface area contributed by atoms with Crippen LogP contribution in [0.5, 0.6) is 0 Å². The van der Waals surface area contributed by atoms with E-state index in [4.69, 9.17) is 11.7 Å². The Labute approximate surface area is 76.4 Å². The zero-order valence-corrected chi connectivity index (χ0v) is 7.46. The lowest BCUT2D eigenvalue weighted by Gasteiger charge is -2.04. The summed E-state index contributed by atoms with van der Waals surface area (Å²) >= 11 is 0. The quantitative estimate of drug-likeness (QED) is 0.666. The highest BCUT2D eigenvalue weighted by Crippen LogP contribution is 2.26. The average molecular weight is 175 g/mol. The number of hydrogen-bond acceptors (Lipinski definition) is 1. The average Bonchev–Trinajstić information content (AvgIpc) is 2.04. The minimum absolute atomic E-state index is 0.205. The Hall–Kier alpha value is -1.82. The number of rotatable bonds is 1. The van der Waals surface area contributed by atoms with Gasteiger partial charge in [-0.25, -0.2) is 9.64 Å². The molecular weight excluding hydrogens is 166 g/mol. The molecule has 0 unspecified atom stereocenters. The van der Waals surface area contributed by atoms with E-state index in [2.05, 4.69) is 4.85 Å². The first-order valence-corrected chi connectivity index (χ1v) is 3.79. The van der Waals surface area contributed by atoms with Crippen molar-refractivity contribution in [1.82, 2.24) is 0 Å². The lowest BCUT2D eigenvalue weighted by atomic mass is 10.0. The summed E-state index contributed by atoms with van der Waals surface area (Å²) in [5.74, 6) is -0.984. The maximum Gasteiger partial charge on any atom is 0.334 e. The van der Waals surface area contributed by atoms with Gasteiger partial charge in [-0.3, -0.25) is 0 Å². The van der Waals surface area contributed by atoms with Crippen molar-refractivity contribution < 1.29 is 9.90 Å². The molecule has 0 radical (unpaired) electrons. The van der Waals surface area contributed by atoms with Gasteiger partial charge < -0.3 is 5.11 Å². The maximum atomic E-state index is 10.7. The molecule has 0 aromatic heterocycles. The molecule has 1 rings (SSSR count). The maximum absolute atomic E-state index is 10.7. The smallest absolute Gasteiger partial charge is 0.334 e. The molecule has 0 aliphatic heterocycles. The van der Waals surface area contributed by atoms with Crippen LogP contribution < -0.4 is 0 Å². The second kappa shape index (κ2) is 3.28. The van der Waals surface area contributed by atoms with E-state index in [1.807, 2.05) is 0 Å². The first-order valence-electron chi connectivity index (χ1n) is 3.79. The largest absolute Gasteiger partial charge is 0.478 e. The fourth-order valence-electron chi connectivity index (χ4n) is 1.24. The minimum atomic E-state index is -0.984. The van der Waals surface area contributed by atoms with Crippen molar-refractivity contribution >= 4 is 11.7 Å². The van der Waals surface area contributed by atoms with Crippen LogP contribution in [0.25, 0.3) is 4.85 Å². The van der Waals surface area contributed by atoms with E-state index in [1.54, 1.807) is 19.9 Å². The van der Waals surface area contributed by atoms with E-state index in [-0.39, 0.29) is 5.56 Å². The fraction of sp³-hybridized carbons (Fsp3) is 0.200. The van der Waals surface area contributed by atoms with Gasteiger partial charge in [-0.1, -0.05) is 6.07 Å². The third kappa shape index (κ3) is 1.52. The number of benzene rings is 1. The summed E-state index contributed by atoms with van der Waals surface area (Å²) in [4.78, 5) is 14.0. The summed E-state index contributed by atoms with van der Waals surface area (Å²) < 4.78 is 0. The van der Waals surface area contributed by atoms with E-state index in [0.717, 1.165) is 5.56 Å². The molecule has 1 aromatic rings. The van der Waals surface area contributed by atoms with Crippen LogP contribution in [-0.2, 0) is 0 Å². The molecule has 1 aromatic carbocycles. The number of carbonyl (C=O) groups is 1. The summed E-state index contributed by atoms with van der Waals surface area (Å²) in [6, 6.07) is 3.19. The van der Waals surface area contributed by atoms with Crippen LogP contribution in [0, 0.1) is 20.4 Å². The molecule has 0 aliphatic carbocycles. The lowest BCUT2D eigenvalue weighted by Crippen LogP contribution is -1.99. The van der Waals surface area contributed by atoms with Crippen molar-refractivity contribution in [3.63, 3.8) is 0 Å². The van der Waals surface area contributed by atoms with Gasteiger partial charge in [-0.2, -0.15) is 0 Å². The third-order valence-electron chi connectivity index (χ3n) is 1.97. The fourth-order valence-corrected chi connectivity index (χ4v) is 1.24. The van der Waals surface area contributed by atoms with Crippen LogP contribution in [0.2, 0.25) is 0 Å². The Morgan fingerprint density at radius 1 is 1.46 bits per heavy atom. The first kappa shape index (κ1) is 9.27. The zero-order chi connectivity index (χ0) is 10.0. The van der Waals surface area contributed by atoms with Gasteiger partial charge in [0.15, 0.2) is 5.69 Å². The number of hydrogen-bond donors (Lipinski definition) is 1. The Bertz CT molecular complexity index is 402. The van der Waals surface area contributed by atoms with Crippen LogP contribution in [0.1, 0.15) is 21.5 Å². The molecule has 66 valence electrons. The summed E-state index contributed by atoms with van der Waals surface area (Å²) in [6.07, 6.45) is 0.